The van der Waals surface area contributed by atoms with Gasteiger partial charge < -0.3 is 10.1 Å². The van der Waals surface area contributed by atoms with E-state index < -0.39 is 0 Å². The number of rotatable bonds is 6. The van der Waals surface area contributed by atoms with Crippen LogP contribution in [-0.4, -0.2) is 23.1 Å². The molecule has 0 aromatic carbocycles. The van der Waals surface area contributed by atoms with Crippen molar-refractivity contribution < 1.29 is 4.74 Å². The van der Waals surface area contributed by atoms with E-state index >= 15 is 0 Å². The second-order valence-electron chi connectivity index (χ2n) is 4.11. The Labute approximate surface area is 117 Å². The van der Waals surface area contributed by atoms with Gasteiger partial charge in [0, 0.05) is 29.7 Å². The van der Waals surface area contributed by atoms with Crippen LogP contribution in [0.25, 0.3) is 11.3 Å². The van der Waals surface area contributed by atoms with Crippen molar-refractivity contribution in [2.24, 2.45) is 0 Å². The summed E-state index contributed by atoms with van der Waals surface area (Å²) in [7, 11) is 0. The van der Waals surface area contributed by atoms with Crippen LogP contribution in [0.4, 0.5) is 5.82 Å². The molecule has 19 heavy (non-hydrogen) atoms. The van der Waals surface area contributed by atoms with E-state index in [2.05, 4.69) is 40.6 Å². The number of anilines is 1. The third-order valence-electron chi connectivity index (χ3n) is 2.70. The molecule has 102 valence electrons. The van der Waals surface area contributed by atoms with Crippen LogP contribution in [0, 0.1) is 6.92 Å². The molecule has 0 aliphatic carbocycles. The zero-order valence-electron chi connectivity index (χ0n) is 11.6. The van der Waals surface area contributed by atoms with Gasteiger partial charge in [-0.1, -0.05) is 0 Å². The van der Waals surface area contributed by atoms with Gasteiger partial charge in [-0.25, -0.2) is 9.97 Å². The van der Waals surface area contributed by atoms with Crippen LogP contribution in [0.3, 0.4) is 0 Å². The van der Waals surface area contributed by atoms with Gasteiger partial charge in [0.05, 0.1) is 5.69 Å². The van der Waals surface area contributed by atoms with Crippen molar-refractivity contribution in [2.45, 2.75) is 27.4 Å². The summed E-state index contributed by atoms with van der Waals surface area (Å²) in [5.74, 6) is 1.58. The van der Waals surface area contributed by atoms with E-state index in [-0.39, 0.29) is 0 Å². The second kappa shape index (κ2) is 6.63. The molecule has 2 aromatic heterocycles. The number of aryl methyl sites for hydroxylation is 1. The Morgan fingerprint density at radius 3 is 2.79 bits per heavy atom. The number of hydrogen-bond acceptors (Lipinski definition) is 5. The normalized spacial score (nSPS) is 10.7. The summed E-state index contributed by atoms with van der Waals surface area (Å²) in [6, 6.07) is 4.09. The van der Waals surface area contributed by atoms with Crippen LogP contribution in [0.15, 0.2) is 17.5 Å². The standard InChI is InChI=1S/C14H19N3OS/c1-4-15-13-8-12(11-6-7-19-10(11)3)16-14(17-13)9-18-5-2/h6-8H,4-5,9H2,1-3H3,(H,15,16,17). The highest BCUT2D eigenvalue weighted by Crippen LogP contribution is 2.27. The summed E-state index contributed by atoms with van der Waals surface area (Å²) in [5.41, 5.74) is 2.13. The van der Waals surface area contributed by atoms with E-state index in [0.717, 1.165) is 23.9 Å². The lowest BCUT2D eigenvalue weighted by molar-refractivity contribution is 0.128. The van der Waals surface area contributed by atoms with Gasteiger partial charge in [0.1, 0.15) is 12.4 Å². The van der Waals surface area contributed by atoms with Crippen LogP contribution in [-0.2, 0) is 11.3 Å². The number of hydrogen-bond donors (Lipinski definition) is 1. The molecule has 0 unspecified atom stereocenters. The van der Waals surface area contributed by atoms with Gasteiger partial charge in [0.2, 0.25) is 0 Å². The van der Waals surface area contributed by atoms with Crippen molar-refractivity contribution in [3.63, 3.8) is 0 Å². The molecule has 0 saturated heterocycles. The third-order valence-corrected chi connectivity index (χ3v) is 3.55. The van der Waals surface area contributed by atoms with Crippen molar-refractivity contribution >= 4 is 17.2 Å². The topological polar surface area (TPSA) is 47.0 Å². The molecule has 4 nitrogen and oxygen atoms in total. The third kappa shape index (κ3) is 3.52. The highest BCUT2D eigenvalue weighted by atomic mass is 32.1. The fraction of sp³-hybridized carbons (Fsp3) is 0.429. The Hall–Kier alpha value is -1.46. The molecule has 0 bridgehead atoms. The molecule has 2 aromatic rings. The van der Waals surface area contributed by atoms with Gasteiger partial charge in [-0.15, -0.1) is 11.3 Å². The first-order valence-corrected chi connectivity index (χ1v) is 7.36. The predicted octanol–water partition coefficient (Wildman–Crippen LogP) is 3.48. The highest BCUT2D eigenvalue weighted by molar-refractivity contribution is 7.10. The molecular formula is C14H19N3OS. The summed E-state index contributed by atoms with van der Waals surface area (Å²) >= 11 is 1.73. The van der Waals surface area contributed by atoms with Crippen LogP contribution in [0.1, 0.15) is 24.5 Å². The maximum Gasteiger partial charge on any atom is 0.157 e. The second-order valence-corrected chi connectivity index (χ2v) is 5.23. The summed E-state index contributed by atoms with van der Waals surface area (Å²) < 4.78 is 5.41. The Balaban J connectivity index is 2.36. The maximum atomic E-state index is 5.41. The Morgan fingerprint density at radius 2 is 2.16 bits per heavy atom. The van der Waals surface area contributed by atoms with Crippen molar-refractivity contribution in [2.75, 3.05) is 18.5 Å². The van der Waals surface area contributed by atoms with Crippen LogP contribution in [0.2, 0.25) is 0 Å². The predicted molar refractivity (Wildman–Crippen MR) is 79.6 cm³/mol. The molecule has 5 heteroatoms. The maximum absolute atomic E-state index is 5.41. The summed E-state index contributed by atoms with van der Waals surface area (Å²) in [4.78, 5) is 10.3. The Bertz CT molecular complexity index is 539. The molecule has 0 saturated carbocycles. The fourth-order valence-corrected chi connectivity index (χ4v) is 2.52. The molecule has 0 fully saturated rings. The Morgan fingerprint density at radius 1 is 1.32 bits per heavy atom. The molecule has 2 rings (SSSR count). The number of aromatic nitrogens is 2. The lowest BCUT2D eigenvalue weighted by Gasteiger charge is -2.09. The van der Waals surface area contributed by atoms with E-state index in [4.69, 9.17) is 4.74 Å². The molecule has 0 aliphatic heterocycles. The number of nitrogens with one attached hydrogen (secondary N) is 1. The highest BCUT2D eigenvalue weighted by Gasteiger charge is 2.09. The van der Waals surface area contributed by atoms with E-state index in [9.17, 15) is 0 Å². The van der Waals surface area contributed by atoms with Crippen LogP contribution >= 0.6 is 11.3 Å². The summed E-state index contributed by atoms with van der Waals surface area (Å²) in [5, 5.41) is 5.33. The minimum absolute atomic E-state index is 0.450. The number of thiophene rings is 1. The van der Waals surface area contributed by atoms with Gasteiger partial charge in [-0.2, -0.15) is 0 Å². The van der Waals surface area contributed by atoms with E-state index in [1.807, 2.05) is 13.0 Å². The van der Waals surface area contributed by atoms with Gasteiger partial charge in [-0.05, 0) is 32.2 Å². The molecule has 2 heterocycles. The van der Waals surface area contributed by atoms with Crippen LogP contribution < -0.4 is 5.32 Å². The molecule has 1 N–H and O–H groups in total. The molecule has 0 spiro atoms. The molecule has 0 atom stereocenters. The smallest absolute Gasteiger partial charge is 0.157 e. The molecular weight excluding hydrogens is 258 g/mol. The van der Waals surface area contributed by atoms with Crippen molar-refractivity contribution in [1.29, 1.82) is 0 Å². The average molecular weight is 277 g/mol. The molecule has 0 aliphatic rings. The van der Waals surface area contributed by atoms with E-state index in [1.165, 1.54) is 10.4 Å². The van der Waals surface area contributed by atoms with E-state index in [0.29, 0.717) is 13.2 Å². The SMILES string of the molecule is CCNc1cc(-c2ccsc2C)nc(COCC)n1. The van der Waals surface area contributed by atoms with Crippen molar-refractivity contribution in [1.82, 2.24) is 9.97 Å². The van der Waals surface area contributed by atoms with E-state index in [1.54, 1.807) is 11.3 Å². The number of nitrogens with zero attached hydrogens (tertiary/aromatic N) is 2. The van der Waals surface area contributed by atoms with Gasteiger partial charge in [0.25, 0.3) is 0 Å². The van der Waals surface area contributed by atoms with Crippen molar-refractivity contribution in [3.8, 4) is 11.3 Å². The zero-order chi connectivity index (χ0) is 13.7. The van der Waals surface area contributed by atoms with Crippen LogP contribution in [0.5, 0.6) is 0 Å². The number of ether oxygens (including phenoxy) is 1. The average Bonchev–Trinajstić information content (AvgIpc) is 2.83. The Kier molecular flexibility index (Phi) is 4.87. The van der Waals surface area contributed by atoms with Gasteiger partial charge >= 0.3 is 0 Å². The minimum Gasteiger partial charge on any atom is -0.374 e. The van der Waals surface area contributed by atoms with Gasteiger partial charge in [0.15, 0.2) is 5.82 Å². The zero-order valence-corrected chi connectivity index (χ0v) is 12.4. The first kappa shape index (κ1) is 14.0. The first-order chi connectivity index (χ1) is 9.24. The lowest BCUT2D eigenvalue weighted by Crippen LogP contribution is -2.06. The largest absolute Gasteiger partial charge is 0.374 e. The first-order valence-electron chi connectivity index (χ1n) is 6.48. The summed E-state index contributed by atoms with van der Waals surface area (Å²) in [6.07, 6.45) is 0. The molecule has 0 radical (unpaired) electrons. The fourth-order valence-electron chi connectivity index (χ4n) is 1.82. The summed E-state index contributed by atoms with van der Waals surface area (Å²) in [6.45, 7) is 8.09. The molecule has 0 amide bonds. The van der Waals surface area contributed by atoms with Crippen molar-refractivity contribution in [3.05, 3.63) is 28.2 Å². The minimum atomic E-state index is 0.450. The quantitative estimate of drug-likeness (QED) is 0.878. The monoisotopic (exact) mass is 277 g/mol. The lowest BCUT2D eigenvalue weighted by atomic mass is 10.2. The van der Waals surface area contributed by atoms with Gasteiger partial charge in [-0.3, -0.25) is 0 Å².